The molecule has 0 aliphatic carbocycles. The van der Waals surface area contributed by atoms with Crippen LogP contribution in [0.4, 0.5) is 5.88 Å². The standard InChI is InChI=1S/C21H20N4O3S/c1-2-23-21-19(13-22)24-20(28-21)16-7-9-18(10-8-16)29(26,27)25-12-11-15-5-3-4-6-17(15)14-25/h3-10,23H,2,11-12,14H2,1H3. The van der Waals surface area contributed by atoms with E-state index in [0.717, 1.165) is 5.56 Å². The van der Waals surface area contributed by atoms with Crippen molar-refractivity contribution in [1.29, 1.82) is 5.26 Å². The number of hydrogen-bond donors (Lipinski definition) is 1. The molecule has 8 heteroatoms. The predicted molar refractivity (Wildman–Crippen MR) is 109 cm³/mol. The van der Waals surface area contributed by atoms with Gasteiger partial charge < -0.3 is 9.73 Å². The van der Waals surface area contributed by atoms with Crippen LogP contribution < -0.4 is 5.32 Å². The number of benzene rings is 2. The number of nitrogens with zero attached hydrogens (tertiary/aromatic N) is 3. The Kier molecular flexibility index (Phi) is 5.09. The molecule has 1 aliphatic rings. The van der Waals surface area contributed by atoms with Gasteiger partial charge in [-0.2, -0.15) is 14.6 Å². The molecule has 4 rings (SSSR count). The summed E-state index contributed by atoms with van der Waals surface area (Å²) in [7, 11) is -3.60. The first-order chi connectivity index (χ1) is 14.0. The number of aromatic nitrogens is 1. The van der Waals surface area contributed by atoms with Crippen molar-refractivity contribution in [2.45, 2.75) is 24.8 Å². The van der Waals surface area contributed by atoms with Crippen LogP contribution in [-0.2, 0) is 23.0 Å². The fraction of sp³-hybridized carbons (Fsp3) is 0.238. The Morgan fingerprint density at radius 2 is 1.90 bits per heavy atom. The lowest BCUT2D eigenvalue weighted by atomic mass is 10.0. The SMILES string of the molecule is CCNc1oc(-c2ccc(S(=O)(=O)N3CCc4ccccc4C3)cc2)nc1C#N. The topological polar surface area (TPSA) is 99.2 Å². The van der Waals surface area contributed by atoms with Gasteiger partial charge in [0, 0.05) is 25.2 Å². The van der Waals surface area contributed by atoms with Crippen molar-refractivity contribution < 1.29 is 12.8 Å². The lowest BCUT2D eigenvalue weighted by Crippen LogP contribution is -2.35. The minimum Gasteiger partial charge on any atom is -0.419 e. The van der Waals surface area contributed by atoms with E-state index in [9.17, 15) is 13.7 Å². The van der Waals surface area contributed by atoms with Gasteiger partial charge in [0.2, 0.25) is 27.5 Å². The van der Waals surface area contributed by atoms with Crippen LogP contribution in [-0.4, -0.2) is 30.8 Å². The predicted octanol–water partition coefficient (Wildman–Crippen LogP) is 3.39. The lowest BCUT2D eigenvalue weighted by molar-refractivity contribution is 0.391. The summed E-state index contributed by atoms with van der Waals surface area (Å²) in [6, 6.07) is 16.3. The zero-order chi connectivity index (χ0) is 20.4. The minimum absolute atomic E-state index is 0.172. The Labute approximate surface area is 169 Å². The van der Waals surface area contributed by atoms with Crippen LogP contribution >= 0.6 is 0 Å². The van der Waals surface area contributed by atoms with E-state index in [2.05, 4.69) is 10.3 Å². The number of nitriles is 1. The highest BCUT2D eigenvalue weighted by Gasteiger charge is 2.28. The molecule has 0 saturated heterocycles. The summed E-state index contributed by atoms with van der Waals surface area (Å²) in [5.41, 5.74) is 3.01. The average molecular weight is 408 g/mol. The van der Waals surface area contributed by atoms with Gasteiger partial charge in [0.1, 0.15) is 6.07 Å². The van der Waals surface area contributed by atoms with Gasteiger partial charge in [-0.1, -0.05) is 24.3 Å². The maximum absolute atomic E-state index is 13.1. The number of fused-ring (bicyclic) bond motifs is 1. The summed E-state index contributed by atoms with van der Waals surface area (Å²) in [4.78, 5) is 4.40. The number of rotatable bonds is 5. The molecule has 2 aromatic carbocycles. The fourth-order valence-corrected chi connectivity index (χ4v) is 4.81. The number of oxazole rings is 1. The monoisotopic (exact) mass is 408 g/mol. The maximum atomic E-state index is 13.1. The molecule has 0 bridgehead atoms. The summed E-state index contributed by atoms with van der Waals surface area (Å²) in [5.74, 6) is 0.585. The molecule has 1 N–H and O–H groups in total. The molecule has 0 atom stereocenters. The first-order valence-electron chi connectivity index (χ1n) is 9.35. The molecule has 29 heavy (non-hydrogen) atoms. The van der Waals surface area contributed by atoms with E-state index in [1.165, 1.54) is 9.87 Å². The quantitative estimate of drug-likeness (QED) is 0.695. The van der Waals surface area contributed by atoms with Crippen LogP contribution in [0.15, 0.2) is 57.8 Å². The van der Waals surface area contributed by atoms with Crippen molar-refractivity contribution in [3.8, 4) is 17.5 Å². The molecule has 0 spiro atoms. The first-order valence-corrected chi connectivity index (χ1v) is 10.8. The highest BCUT2D eigenvalue weighted by atomic mass is 32.2. The Morgan fingerprint density at radius 3 is 2.59 bits per heavy atom. The van der Waals surface area contributed by atoms with Crippen molar-refractivity contribution >= 4 is 15.9 Å². The first kappa shape index (κ1) is 19.2. The van der Waals surface area contributed by atoms with E-state index < -0.39 is 10.0 Å². The fourth-order valence-electron chi connectivity index (χ4n) is 3.39. The molecule has 0 unspecified atom stereocenters. The van der Waals surface area contributed by atoms with Gasteiger partial charge in [-0.3, -0.25) is 0 Å². The molecule has 0 radical (unpaired) electrons. The van der Waals surface area contributed by atoms with Crippen LogP contribution in [0, 0.1) is 11.3 Å². The van der Waals surface area contributed by atoms with Crippen molar-refractivity contribution in [1.82, 2.24) is 9.29 Å². The number of sulfonamides is 1. The molecule has 0 fully saturated rings. The largest absolute Gasteiger partial charge is 0.419 e. The Bertz CT molecular complexity index is 1180. The van der Waals surface area contributed by atoms with E-state index in [1.54, 1.807) is 24.3 Å². The highest BCUT2D eigenvalue weighted by Crippen LogP contribution is 2.28. The second kappa shape index (κ2) is 7.70. The van der Waals surface area contributed by atoms with E-state index >= 15 is 0 Å². The molecule has 2 heterocycles. The lowest BCUT2D eigenvalue weighted by Gasteiger charge is -2.28. The molecule has 7 nitrogen and oxygen atoms in total. The molecular formula is C21H20N4O3S. The van der Waals surface area contributed by atoms with E-state index in [-0.39, 0.29) is 16.5 Å². The third-order valence-corrected chi connectivity index (χ3v) is 6.76. The van der Waals surface area contributed by atoms with Crippen molar-refractivity contribution in [2.24, 2.45) is 0 Å². The van der Waals surface area contributed by atoms with Gasteiger partial charge in [-0.25, -0.2) is 8.42 Å². The normalized spacial score (nSPS) is 14.2. The highest BCUT2D eigenvalue weighted by molar-refractivity contribution is 7.89. The third-order valence-electron chi connectivity index (χ3n) is 4.91. The summed E-state index contributed by atoms with van der Waals surface area (Å²) in [6.45, 7) is 3.32. The van der Waals surface area contributed by atoms with Crippen LogP contribution in [0.3, 0.4) is 0 Å². The molecular weight excluding hydrogens is 388 g/mol. The minimum atomic E-state index is -3.60. The van der Waals surface area contributed by atoms with E-state index in [1.807, 2.05) is 37.3 Å². The van der Waals surface area contributed by atoms with Crippen LogP contribution in [0.1, 0.15) is 23.7 Å². The molecule has 3 aromatic rings. The van der Waals surface area contributed by atoms with Gasteiger partial charge in [0.05, 0.1) is 4.90 Å². The average Bonchev–Trinajstić information content (AvgIpc) is 3.17. The van der Waals surface area contributed by atoms with Gasteiger partial charge >= 0.3 is 0 Å². The maximum Gasteiger partial charge on any atom is 0.243 e. The van der Waals surface area contributed by atoms with Crippen LogP contribution in [0.5, 0.6) is 0 Å². The van der Waals surface area contributed by atoms with E-state index in [0.29, 0.717) is 37.5 Å². The summed E-state index contributed by atoms with van der Waals surface area (Å²) in [5, 5.41) is 12.1. The molecule has 0 amide bonds. The van der Waals surface area contributed by atoms with Gasteiger partial charge in [-0.05, 0) is 48.7 Å². The number of nitrogens with one attached hydrogen (secondary N) is 1. The summed E-state index contributed by atoms with van der Waals surface area (Å²) >= 11 is 0. The molecule has 148 valence electrons. The molecule has 1 aliphatic heterocycles. The Morgan fingerprint density at radius 1 is 1.17 bits per heavy atom. The van der Waals surface area contributed by atoms with Crippen LogP contribution in [0.25, 0.3) is 11.5 Å². The third kappa shape index (κ3) is 3.62. The van der Waals surface area contributed by atoms with Crippen molar-refractivity contribution in [3.63, 3.8) is 0 Å². The zero-order valence-electron chi connectivity index (χ0n) is 15.9. The van der Waals surface area contributed by atoms with Crippen LogP contribution in [0.2, 0.25) is 0 Å². The van der Waals surface area contributed by atoms with Gasteiger partial charge in [-0.15, -0.1) is 0 Å². The van der Waals surface area contributed by atoms with Gasteiger partial charge in [0.15, 0.2) is 0 Å². The second-order valence-corrected chi connectivity index (χ2v) is 8.66. The number of anilines is 1. The molecule has 1 aromatic heterocycles. The smallest absolute Gasteiger partial charge is 0.243 e. The Balaban J connectivity index is 1.59. The molecule has 0 saturated carbocycles. The van der Waals surface area contributed by atoms with E-state index in [4.69, 9.17) is 4.42 Å². The Hall–Kier alpha value is -3.15. The van der Waals surface area contributed by atoms with Crippen molar-refractivity contribution in [2.75, 3.05) is 18.4 Å². The summed E-state index contributed by atoms with van der Waals surface area (Å²) < 4.78 is 33.3. The number of hydrogen-bond acceptors (Lipinski definition) is 6. The van der Waals surface area contributed by atoms with Crippen molar-refractivity contribution in [3.05, 3.63) is 65.4 Å². The second-order valence-electron chi connectivity index (χ2n) is 6.72. The zero-order valence-corrected chi connectivity index (χ0v) is 16.7. The summed E-state index contributed by atoms with van der Waals surface area (Å²) in [6.07, 6.45) is 0.702. The van der Waals surface area contributed by atoms with Gasteiger partial charge in [0.25, 0.3) is 0 Å².